The van der Waals surface area contributed by atoms with Gasteiger partial charge >= 0.3 is 22.5 Å². The lowest BCUT2D eigenvalue weighted by molar-refractivity contribution is -0.119. The molecule has 0 saturated carbocycles. The average molecular weight is 1280 g/mol. The van der Waals surface area contributed by atoms with Crippen LogP contribution in [-0.2, 0) is 49.4 Å². The van der Waals surface area contributed by atoms with Gasteiger partial charge in [-0.05, 0) is 63.8 Å². The van der Waals surface area contributed by atoms with E-state index >= 15 is 0 Å². The molecule has 10 heterocycles. The molecule has 3 saturated heterocycles. The molecule has 37 heteroatoms. The number of amides is 3. The van der Waals surface area contributed by atoms with Gasteiger partial charge < -0.3 is 81.8 Å². The number of fused-ring (bicyclic) bond motifs is 4. The fraction of sp³-hybridized carbons (Fsp3) is 0.407. The molecule has 0 bridgehead atoms. The van der Waals surface area contributed by atoms with Gasteiger partial charge in [0, 0.05) is 29.9 Å². The predicted molar refractivity (Wildman–Crippen MR) is 317 cm³/mol. The van der Waals surface area contributed by atoms with Crippen molar-refractivity contribution in [1.29, 1.82) is 0 Å². The largest absolute Gasteiger partial charge is 0.447 e. The first-order valence-corrected chi connectivity index (χ1v) is 29.5. The minimum Gasteiger partial charge on any atom is -0.447 e. The zero-order valence-electron chi connectivity index (χ0n) is 48.9. The number of alkyl carbamates (subject to hydrolysis) is 1. The number of ether oxygens (including phenoxy) is 5. The third kappa shape index (κ3) is 14.5. The second-order valence-electron chi connectivity index (χ2n) is 20.9. The summed E-state index contributed by atoms with van der Waals surface area (Å²) >= 11 is 0. The first kappa shape index (κ1) is 64.6. The van der Waals surface area contributed by atoms with Crippen molar-refractivity contribution in [2.24, 2.45) is 0 Å². The van der Waals surface area contributed by atoms with Gasteiger partial charge in [0.1, 0.15) is 102 Å². The lowest BCUT2D eigenvalue weighted by atomic mass is 10.1. The van der Waals surface area contributed by atoms with Crippen LogP contribution in [0.2, 0.25) is 0 Å². The number of rotatable bonds is 16. The highest BCUT2D eigenvalue weighted by molar-refractivity contribution is 7.85. The monoisotopic (exact) mass is 1280 g/mol. The molecule has 3 fully saturated rings. The normalized spacial score (nSPS) is 23.8. The van der Waals surface area contributed by atoms with E-state index in [1.54, 1.807) is 52.0 Å². The number of aliphatic hydroxyl groups is 6. The Balaban J connectivity index is 0.000000153. The molecule has 12 rings (SSSR count). The van der Waals surface area contributed by atoms with E-state index in [1.165, 1.54) is 32.7 Å². The minimum absolute atomic E-state index is 0.100. The molecule has 91 heavy (non-hydrogen) atoms. The number of nitrogen functional groups attached to an aromatic ring is 3. The number of hydrogen-bond donors (Lipinski definition) is 13. The number of aryl methyl sites for hydroxylation is 4. The lowest BCUT2D eigenvalue weighted by Crippen LogP contribution is -2.37. The van der Waals surface area contributed by atoms with Crippen molar-refractivity contribution < 1.29 is 81.3 Å². The number of imidazole rings is 3. The molecule has 3 amide bonds. The van der Waals surface area contributed by atoms with Crippen LogP contribution in [0, 0.1) is 20.8 Å². The molecule has 12 atom stereocenters. The second kappa shape index (κ2) is 27.4. The molecule has 36 nitrogen and oxygen atoms in total. The number of nitrogens with zero attached hydrogens (tertiary/aromatic N) is 12. The fourth-order valence-corrected chi connectivity index (χ4v) is 10.8. The minimum atomic E-state index is -4.49. The molecule has 484 valence electrons. The highest BCUT2D eigenvalue weighted by atomic mass is 32.2. The Morgan fingerprint density at radius 2 is 1.02 bits per heavy atom. The van der Waals surface area contributed by atoms with Gasteiger partial charge in [-0.1, -0.05) is 36.4 Å². The number of aromatic amines is 1. The number of para-hydroxylation sites is 2. The number of carbonyl (C=O) groups excluding carboxylic acids is 3. The Morgan fingerprint density at radius 3 is 1.47 bits per heavy atom. The predicted octanol–water partition coefficient (Wildman–Crippen LogP) is -0.505. The smallest absolute Gasteiger partial charge is 0.411 e. The highest BCUT2D eigenvalue weighted by Crippen LogP contribution is 2.36. The summed E-state index contributed by atoms with van der Waals surface area (Å²) in [5, 5.41) is 68.2. The van der Waals surface area contributed by atoms with Gasteiger partial charge in [0.15, 0.2) is 53.1 Å². The molecule has 9 aromatic rings. The summed E-state index contributed by atoms with van der Waals surface area (Å²) in [7, 11) is -4.49. The number of anilines is 4. The van der Waals surface area contributed by atoms with Gasteiger partial charge in [0.25, 0.3) is 0 Å². The topological polar surface area (TPSA) is 523 Å². The molecule has 3 aliphatic heterocycles. The van der Waals surface area contributed by atoms with Gasteiger partial charge in [-0.3, -0.25) is 28.0 Å². The van der Waals surface area contributed by atoms with Crippen molar-refractivity contribution in [3.63, 3.8) is 0 Å². The van der Waals surface area contributed by atoms with Crippen LogP contribution in [0.1, 0.15) is 55.2 Å². The van der Waals surface area contributed by atoms with E-state index in [9.17, 15) is 53.4 Å². The van der Waals surface area contributed by atoms with Gasteiger partial charge in [-0.25, -0.2) is 59.2 Å². The van der Waals surface area contributed by atoms with Crippen molar-refractivity contribution in [2.75, 3.05) is 48.9 Å². The lowest BCUT2D eigenvalue weighted by Gasteiger charge is -2.16. The van der Waals surface area contributed by atoms with Crippen molar-refractivity contribution in [3.8, 4) is 0 Å². The molecule has 3 unspecified atom stereocenters. The number of aromatic nitrogens is 13. The van der Waals surface area contributed by atoms with E-state index in [0.717, 1.165) is 16.6 Å². The van der Waals surface area contributed by atoms with Crippen LogP contribution in [0.3, 0.4) is 0 Å². The van der Waals surface area contributed by atoms with Crippen LogP contribution in [0.5, 0.6) is 0 Å². The first-order valence-electron chi connectivity index (χ1n) is 28.1. The Kier molecular flexibility index (Phi) is 19.4. The maximum absolute atomic E-state index is 12.3. The Labute approximate surface area is 515 Å². The summed E-state index contributed by atoms with van der Waals surface area (Å²) < 4.78 is 62.7. The molecule has 0 aliphatic carbocycles. The SMILES string of the molecule is CCNC(=O)OC[C@H]1O[C@@H](n2cnc3c(N)nc(C)nc32)[C@@H](O)C1O.Cc1nc(N)c2ncn([C@@H]3O[C@H](COC(=O)Nc4ccccc4)C(O)[C@@H]3O)c2n1.Cc1nc(N)c2ncn([C@@H]3O[C@H](COS(=O)(=O)NC(=O)CCc4cc5ccccc5[nH]4)C(O)[C@@H]3O)c2n1. The number of nitrogens with one attached hydrogen (secondary N) is 4. The number of aliphatic hydroxyl groups excluding tert-OH is 6. The van der Waals surface area contributed by atoms with Crippen molar-refractivity contribution >= 4 is 95.9 Å². The Bertz CT molecular complexity index is 4160. The molecule has 0 radical (unpaired) electrons. The Morgan fingerprint density at radius 1 is 0.593 bits per heavy atom. The first-order chi connectivity index (χ1) is 43.5. The van der Waals surface area contributed by atoms with Crippen molar-refractivity contribution in [2.45, 2.75) is 114 Å². The highest BCUT2D eigenvalue weighted by Gasteiger charge is 2.48. The molecule has 7 aromatic heterocycles. The number of hydrogen-bond acceptors (Lipinski definition) is 29. The fourth-order valence-electron chi connectivity index (χ4n) is 10.1. The van der Waals surface area contributed by atoms with Crippen molar-refractivity contribution in [1.82, 2.24) is 73.6 Å². The van der Waals surface area contributed by atoms with E-state index < -0.39 is 109 Å². The third-order valence-electron chi connectivity index (χ3n) is 14.4. The van der Waals surface area contributed by atoms with E-state index in [0.29, 0.717) is 58.5 Å². The summed E-state index contributed by atoms with van der Waals surface area (Å²) in [6.45, 7) is 6.04. The van der Waals surface area contributed by atoms with Gasteiger partial charge in [-0.2, -0.15) is 8.42 Å². The van der Waals surface area contributed by atoms with Gasteiger partial charge in [-0.15, -0.1) is 0 Å². The van der Waals surface area contributed by atoms with Gasteiger partial charge in [0.2, 0.25) is 5.91 Å². The summed E-state index contributed by atoms with van der Waals surface area (Å²) in [6, 6.07) is 18.3. The van der Waals surface area contributed by atoms with E-state index in [1.807, 2.05) is 41.1 Å². The summed E-state index contributed by atoms with van der Waals surface area (Å²) in [4.78, 5) is 76.0. The zero-order chi connectivity index (χ0) is 65.0. The van der Waals surface area contributed by atoms with Crippen LogP contribution in [0.4, 0.5) is 32.7 Å². The number of benzene rings is 2. The quantitative estimate of drug-likeness (QED) is 0.0580. The van der Waals surface area contributed by atoms with Gasteiger partial charge in [0.05, 0.1) is 25.6 Å². The average Bonchev–Trinajstić information content (AvgIpc) is 1.65. The van der Waals surface area contributed by atoms with Crippen molar-refractivity contribution in [3.05, 3.63) is 103 Å². The van der Waals surface area contributed by atoms with Crippen LogP contribution >= 0.6 is 0 Å². The number of H-pyrrole nitrogens is 1. The summed E-state index contributed by atoms with van der Waals surface area (Å²) in [5.74, 6) is 1.04. The molecule has 16 N–H and O–H groups in total. The third-order valence-corrected chi connectivity index (χ3v) is 15.4. The molecule has 0 spiro atoms. The van der Waals surface area contributed by atoms with E-state index in [2.05, 4.69) is 60.5 Å². The molecule has 2 aromatic carbocycles. The van der Waals surface area contributed by atoms with Crippen LogP contribution in [-0.4, -0.2) is 202 Å². The van der Waals surface area contributed by atoms with Crippen LogP contribution < -0.4 is 32.6 Å². The maximum Gasteiger partial charge on any atom is 0.411 e. The zero-order valence-corrected chi connectivity index (χ0v) is 49.7. The molecular weight excluding hydrogens is 1220 g/mol. The molecular formula is C54H65N19O17S. The van der Waals surface area contributed by atoms with Crippen LogP contribution in [0.25, 0.3) is 44.4 Å². The number of nitrogens with two attached hydrogens (primary N) is 3. The summed E-state index contributed by atoms with van der Waals surface area (Å²) in [6.07, 6.45) is -11.1. The Hall–Kier alpha value is -9.41. The van der Waals surface area contributed by atoms with E-state index in [4.69, 9.17) is 45.1 Å². The maximum atomic E-state index is 12.3. The summed E-state index contributed by atoms with van der Waals surface area (Å²) in [5.41, 5.74) is 21.9. The second-order valence-corrected chi connectivity index (χ2v) is 22.3. The van der Waals surface area contributed by atoms with Crippen LogP contribution in [0.15, 0.2) is 79.6 Å². The van der Waals surface area contributed by atoms with E-state index in [-0.39, 0.29) is 48.3 Å². The standard InChI is InChI=1S/C22H25N7O7S.C18H20N6O5.C14H20N6O5/c1-11-25-20(23)17-21(26-11)29(10-24-17)22-19(32)18(31)15(36-22)9-35-37(33,34)28-16(30)7-6-13-8-12-4-2-3-5-14(12)27-13;1-9-21-15(19)12-16(22-9)24(8-20-12)17-14(26)13(25)11(29-17)7-28-18(27)23-10-5-3-2-4-6-10;1-3-16-14(23)24-4-7-9(21)10(22)13(25-7)20-5-17-8-11(15)18-6(2)19-12(8)20/h2-5,8,10,15,18-19,22,27,31-32H,6-7,9H2,1H3,(H,28,30)(H2,23,25,26);2-6,8,11,13-14,17,25-26H,7H2,1H3,(H,23,27)(H2,19,21,22);5,7,9-10,13,21-22H,3-4H2,1-2H3,(H,16,23)(H2,15,18,19)/t15-,18?,19+,22-;11-,13?,14+,17-;7-,9?,10+,13-/m111/s1. The molecule has 3 aliphatic rings. The number of carbonyl (C=O) groups is 3.